The van der Waals surface area contributed by atoms with Gasteiger partial charge in [-0.1, -0.05) is 41.9 Å². The van der Waals surface area contributed by atoms with Crippen molar-refractivity contribution >= 4 is 11.6 Å². The van der Waals surface area contributed by atoms with Crippen molar-refractivity contribution in [2.75, 3.05) is 6.07 Å². The molecular formula is C10H13ClO2. The molecule has 1 rings (SSSR count). The van der Waals surface area contributed by atoms with E-state index in [0.29, 0.717) is 6.61 Å². The lowest BCUT2D eigenvalue weighted by Crippen LogP contribution is -2.11. The Morgan fingerprint density at radius 2 is 1.92 bits per heavy atom. The van der Waals surface area contributed by atoms with E-state index in [2.05, 4.69) is 0 Å². The standard InChI is InChI=1S/C10H13ClO2/c1-9(13-8-11)12-7-10-5-3-2-4-6-10/h2-6,9H,7-8H2,1H3. The van der Waals surface area contributed by atoms with Gasteiger partial charge in [-0.25, -0.2) is 0 Å². The van der Waals surface area contributed by atoms with Crippen molar-refractivity contribution in [1.82, 2.24) is 0 Å². The molecule has 13 heavy (non-hydrogen) atoms. The Hall–Kier alpha value is -0.570. The van der Waals surface area contributed by atoms with E-state index in [9.17, 15) is 0 Å². The predicted molar refractivity (Wildman–Crippen MR) is 52.5 cm³/mol. The Morgan fingerprint density at radius 3 is 2.54 bits per heavy atom. The lowest BCUT2D eigenvalue weighted by atomic mass is 10.2. The maximum absolute atomic E-state index is 5.38. The summed E-state index contributed by atoms with van der Waals surface area (Å²) in [4.78, 5) is 0. The first kappa shape index (κ1) is 10.5. The van der Waals surface area contributed by atoms with E-state index in [0.717, 1.165) is 5.56 Å². The molecule has 0 bridgehead atoms. The molecule has 0 aromatic heterocycles. The first-order valence-corrected chi connectivity index (χ1v) is 4.69. The first-order chi connectivity index (χ1) is 6.33. The maximum Gasteiger partial charge on any atom is 0.156 e. The molecule has 0 radical (unpaired) electrons. The van der Waals surface area contributed by atoms with Gasteiger partial charge in [-0.15, -0.1) is 0 Å². The third kappa shape index (κ3) is 4.27. The van der Waals surface area contributed by atoms with Crippen LogP contribution >= 0.6 is 11.6 Å². The van der Waals surface area contributed by atoms with E-state index < -0.39 is 0 Å². The number of benzene rings is 1. The van der Waals surface area contributed by atoms with Crippen LogP contribution in [0.15, 0.2) is 30.3 Å². The van der Waals surface area contributed by atoms with Crippen LogP contribution in [0.1, 0.15) is 12.5 Å². The quantitative estimate of drug-likeness (QED) is 0.538. The van der Waals surface area contributed by atoms with Crippen LogP contribution in [0.4, 0.5) is 0 Å². The molecule has 1 aromatic rings. The summed E-state index contributed by atoms with van der Waals surface area (Å²) in [6.07, 6.45) is -0.252. The van der Waals surface area contributed by atoms with Gasteiger partial charge in [0.2, 0.25) is 0 Å². The Morgan fingerprint density at radius 1 is 1.23 bits per heavy atom. The molecule has 0 aliphatic carbocycles. The van der Waals surface area contributed by atoms with Gasteiger partial charge in [0, 0.05) is 0 Å². The van der Waals surface area contributed by atoms with E-state index in [4.69, 9.17) is 21.1 Å². The summed E-state index contributed by atoms with van der Waals surface area (Å²) < 4.78 is 10.4. The van der Waals surface area contributed by atoms with Crippen molar-refractivity contribution in [3.8, 4) is 0 Å². The summed E-state index contributed by atoms with van der Waals surface area (Å²) in [7, 11) is 0. The van der Waals surface area contributed by atoms with E-state index in [1.54, 1.807) is 0 Å². The molecule has 0 saturated heterocycles. The van der Waals surface area contributed by atoms with Crippen molar-refractivity contribution in [3.05, 3.63) is 35.9 Å². The molecule has 0 amide bonds. The largest absolute Gasteiger partial charge is 0.348 e. The third-order valence-electron chi connectivity index (χ3n) is 1.63. The summed E-state index contributed by atoms with van der Waals surface area (Å²) in [5.74, 6) is 0. The van der Waals surface area contributed by atoms with Crippen LogP contribution in [0.2, 0.25) is 0 Å². The molecular weight excluding hydrogens is 188 g/mol. The minimum atomic E-state index is -0.252. The van der Waals surface area contributed by atoms with E-state index >= 15 is 0 Å². The fourth-order valence-electron chi connectivity index (χ4n) is 0.925. The van der Waals surface area contributed by atoms with Crippen molar-refractivity contribution < 1.29 is 9.47 Å². The SMILES string of the molecule is CC(OCCl)OCc1ccccc1. The monoisotopic (exact) mass is 200 g/mol. The predicted octanol–water partition coefficient (Wildman–Crippen LogP) is 2.76. The summed E-state index contributed by atoms with van der Waals surface area (Å²) in [6.45, 7) is 2.38. The average molecular weight is 201 g/mol. The minimum absolute atomic E-state index is 0.163. The third-order valence-corrected chi connectivity index (χ3v) is 1.75. The summed E-state index contributed by atoms with van der Waals surface area (Å²) in [5, 5.41) is 0. The van der Waals surface area contributed by atoms with Crippen LogP contribution in [-0.2, 0) is 16.1 Å². The molecule has 1 unspecified atom stereocenters. The van der Waals surface area contributed by atoms with Crippen molar-refractivity contribution in [2.45, 2.75) is 19.8 Å². The number of rotatable bonds is 5. The second-order valence-electron chi connectivity index (χ2n) is 2.64. The fraction of sp³-hybridized carbons (Fsp3) is 0.400. The Kier molecular flexibility index (Phi) is 4.83. The van der Waals surface area contributed by atoms with Crippen LogP contribution in [0.5, 0.6) is 0 Å². The van der Waals surface area contributed by atoms with Gasteiger partial charge in [-0.05, 0) is 12.5 Å². The average Bonchev–Trinajstić information content (AvgIpc) is 2.17. The molecule has 0 saturated carbocycles. The fourth-order valence-corrected chi connectivity index (χ4v) is 1.10. The zero-order valence-electron chi connectivity index (χ0n) is 7.57. The molecule has 0 fully saturated rings. The summed E-state index contributed by atoms with van der Waals surface area (Å²) in [6, 6.07) is 10.1. The van der Waals surface area contributed by atoms with Crippen LogP contribution in [0.25, 0.3) is 0 Å². The Bertz CT molecular complexity index is 226. The van der Waals surface area contributed by atoms with Crippen molar-refractivity contribution in [2.24, 2.45) is 0 Å². The van der Waals surface area contributed by atoms with Gasteiger partial charge < -0.3 is 9.47 Å². The van der Waals surface area contributed by atoms with Gasteiger partial charge in [0.15, 0.2) is 6.29 Å². The van der Waals surface area contributed by atoms with Crippen molar-refractivity contribution in [3.63, 3.8) is 0 Å². The Balaban J connectivity index is 2.27. The molecule has 0 aliphatic heterocycles. The molecule has 1 atom stereocenters. The minimum Gasteiger partial charge on any atom is -0.348 e. The number of halogens is 1. The van der Waals surface area contributed by atoms with Crippen LogP contribution < -0.4 is 0 Å². The molecule has 0 N–H and O–H groups in total. The zero-order valence-corrected chi connectivity index (χ0v) is 8.33. The van der Waals surface area contributed by atoms with Gasteiger partial charge >= 0.3 is 0 Å². The van der Waals surface area contributed by atoms with Gasteiger partial charge in [0.25, 0.3) is 0 Å². The summed E-state index contributed by atoms with van der Waals surface area (Å²) in [5.41, 5.74) is 1.13. The number of ether oxygens (including phenoxy) is 2. The second kappa shape index (κ2) is 5.97. The molecule has 0 heterocycles. The van der Waals surface area contributed by atoms with Gasteiger partial charge in [-0.2, -0.15) is 0 Å². The van der Waals surface area contributed by atoms with Gasteiger partial charge in [-0.3, -0.25) is 0 Å². The second-order valence-corrected chi connectivity index (χ2v) is 2.86. The highest BCUT2D eigenvalue weighted by Crippen LogP contribution is 2.04. The van der Waals surface area contributed by atoms with Gasteiger partial charge in [0.05, 0.1) is 6.61 Å². The lowest BCUT2D eigenvalue weighted by molar-refractivity contribution is -0.125. The van der Waals surface area contributed by atoms with Crippen LogP contribution in [0, 0.1) is 0 Å². The number of hydrogen-bond acceptors (Lipinski definition) is 2. The smallest absolute Gasteiger partial charge is 0.156 e. The zero-order chi connectivity index (χ0) is 9.52. The van der Waals surface area contributed by atoms with E-state index in [1.807, 2.05) is 37.3 Å². The molecule has 0 aliphatic rings. The summed E-state index contributed by atoms with van der Waals surface area (Å²) >= 11 is 5.38. The van der Waals surface area contributed by atoms with E-state index in [1.165, 1.54) is 0 Å². The molecule has 72 valence electrons. The van der Waals surface area contributed by atoms with Gasteiger partial charge in [0.1, 0.15) is 6.07 Å². The molecule has 3 heteroatoms. The van der Waals surface area contributed by atoms with E-state index in [-0.39, 0.29) is 12.4 Å². The highest BCUT2D eigenvalue weighted by atomic mass is 35.5. The highest BCUT2D eigenvalue weighted by Gasteiger charge is 2.00. The van der Waals surface area contributed by atoms with Crippen molar-refractivity contribution in [1.29, 1.82) is 0 Å². The lowest BCUT2D eigenvalue weighted by Gasteiger charge is -2.11. The molecule has 1 aromatic carbocycles. The van der Waals surface area contributed by atoms with Crippen LogP contribution in [0.3, 0.4) is 0 Å². The Labute approximate surface area is 83.4 Å². The normalized spacial score (nSPS) is 12.8. The van der Waals surface area contributed by atoms with Crippen LogP contribution in [-0.4, -0.2) is 12.4 Å². The highest BCUT2D eigenvalue weighted by molar-refractivity contribution is 6.17. The number of hydrogen-bond donors (Lipinski definition) is 0. The first-order valence-electron chi connectivity index (χ1n) is 4.16. The molecule has 2 nitrogen and oxygen atoms in total. The number of alkyl halides is 1. The molecule has 0 spiro atoms. The maximum atomic E-state index is 5.38. The topological polar surface area (TPSA) is 18.5 Å².